The van der Waals surface area contributed by atoms with Crippen LogP contribution in [-0.4, -0.2) is 51.5 Å². The maximum atomic E-state index is 11.8. The summed E-state index contributed by atoms with van der Waals surface area (Å²) in [4.78, 5) is 33.4. The first kappa shape index (κ1) is 31.1. The van der Waals surface area contributed by atoms with Crippen LogP contribution in [-0.2, 0) is 14.4 Å². The van der Waals surface area contributed by atoms with E-state index >= 15 is 0 Å². The summed E-state index contributed by atoms with van der Waals surface area (Å²) in [6.45, 7) is 2.25. The maximum absolute atomic E-state index is 11.8. The van der Waals surface area contributed by atoms with Gasteiger partial charge in [-0.15, -0.1) is 0 Å². The molecule has 0 aliphatic heterocycles. The molecule has 0 aliphatic carbocycles. The Labute approximate surface area is 193 Å². The van der Waals surface area contributed by atoms with Gasteiger partial charge >= 0.3 is 11.9 Å². The van der Waals surface area contributed by atoms with Crippen LogP contribution in [0.2, 0.25) is 0 Å². The molecule has 0 aliphatic rings. The quantitative estimate of drug-likeness (QED) is 0.179. The Morgan fingerprint density at radius 1 is 0.667 bits per heavy atom. The highest BCUT2D eigenvalue weighted by molar-refractivity contribution is 5.83. The summed E-state index contributed by atoms with van der Waals surface area (Å²) in [6, 6.07) is -1.12. The lowest BCUT2D eigenvalue weighted by molar-refractivity contribution is -0.143. The van der Waals surface area contributed by atoms with E-state index in [4.69, 9.17) is 10.2 Å². The van der Waals surface area contributed by atoms with Gasteiger partial charge < -0.3 is 15.5 Å². The van der Waals surface area contributed by atoms with Gasteiger partial charge in [0.15, 0.2) is 17.4 Å². The topological polar surface area (TPSA) is 104 Å². The monoisotopic (exact) mass is 443 g/mol. The minimum Gasteiger partial charge on any atom is -0.481 e. The fraction of sp³-hybridized carbons (Fsp3) is 0.870. The van der Waals surface area contributed by atoms with Gasteiger partial charge in [-0.1, -0.05) is 96.8 Å². The third kappa shape index (κ3) is 21.6. The van der Waals surface area contributed by atoms with Crippen LogP contribution in [0.3, 0.4) is 0 Å². The number of unbranched alkanes of at least 4 members (excludes halogenated alkanes) is 14. The van der Waals surface area contributed by atoms with Crippen LogP contribution < -0.4 is 5.32 Å². The molecule has 0 spiro atoms. The van der Waals surface area contributed by atoms with Crippen molar-refractivity contribution >= 4 is 35.2 Å². The molecule has 0 aromatic heterocycles. The van der Waals surface area contributed by atoms with E-state index in [1.807, 2.05) is 0 Å². The molecule has 1 atom stereocenters. The van der Waals surface area contributed by atoms with Gasteiger partial charge in [-0.05, 0) is 12.8 Å². The highest BCUT2D eigenvalue weighted by atomic mass is 27.0. The minimum atomic E-state index is -1.18. The van der Waals surface area contributed by atoms with E-state index in [0.717, 1.165) is 19.3 Å². The van der Waals surface area contributed by atoms with Crippen molar-refractivity contribution < 1.29 is 24.6 Å². The molecule has 0 aromatic carbocycles. The highest BCUT2D eigenvalue weighted by Gasteiger charge is 2.20. The summed E-state index contributed by atoms with van der Waals surface area (Å²) < 4.78 is 0. The minimum absolute atomic E-state index is 0. The SMILES string of the molecule is CCCCCCCCCCCCCCCCCC(=O)N[C@@H](CCC(=O)O)C(=O)O.[AlH3]. The molecule has 0 radical (unpaired) electrons. The number of carbonyl (C=O) groups is 3. The summed E-state index contributed by atoms with van der Waals surface area (Å²) in [5.74, 6) is -2.55. The Morgan fingerprint density at radius 3 is 1.43 bits per heavy atom. The van der Waals surface area contributed by atoms with Crippen molar-refractivity contribution in [2.45, 2.75) is 129 Å². The van der Waals surface area contributed by atoms with Gasteiger partial charge in [-0.25, -0.2) is 4.79 Å². The molecule has 0 fully saturated rings. The van der Waals surface area contributed by atoms with Gasteiger partial charge in [0, 0.05) is 12.8 Å². The smallest absolute Gasteiger partial charge is 0.326 e. The predicted octanol–water partition coefficient (Wildman–Crippen LogP) is 4.50. The Hall–Kier alpha value is -1.06. The zero-order valence-corrected chi connectivity index (χ0v) is 18.4. The molecule has 0 rings (SSSR count). The van der Waals surface area contributed by atoms with E-state index < -0.39 is 18.0 Å². The zero-order chi connectivity index (χ0) is 21.7. The number of hydrogen-bond acceptors (Lipinski definition) is 3. The molecule has 176 valence electrons. The molecular formula is C23H46AlNO5. The van der Waals surface area contributed by atoms with E-state index in [1.54, 1.807) is 0 Å². The first-order valence-electron chi connectivity index (χ1n) is 11.7. The number of amides is 1. The summed E-state index contributed by atoms with van der Waals surface area (Å²) >= 11 is 0. The zero-order valence-electron chi connectivity index (χ0n) is 18.4. The summed E-state index contributed by atoms with van der Waals surface area (Å²) in [7, 11) is 0. The second-order valence-corrected chi connectivity index (χ2v) is 8.09. The number of aliphatic carboxylic acids is 2. The molecule has 0 bridgehead atoms. The van der Waals surface area contributed by atoms with Gasteiger partial charge in [0.2, 0.25) is 5.91 Å². The first-order valence-corrected chi connectivity index (χ1v) is 11.7. The number of carbonyl (C=O) groups excluding carboxylic acids is 1. The molecular weight excluding hydrogens is 397 g/mol. The summed E-state index contributed by atoms with van der Waals surface area (Å²) in [6.07, 6.45) is 18.8. The predicted molar refractivity (Wildman–Crippen MR) is 126 cm³/mol. The van der Waals surface area contributed by atoms with Crippen LogP contribution in [0, 0.1) is 0 Å². The lowest BCUT2D eigenvalue weighted by atomic mass is 10.0. The van der Waals surface area contributed by atoms with Gasteiger partial charge in [-0.3, -0.25) is 9.59 Å². The standard InChI is InChI=1S/C23H43NO5.Al.3H/c1-2-3-4-5-6-7-8-9-10-11-12-13-14-15-16-17-21(25)24-20(23(28)29)18-19-22(26)27;;;;/h20H,2-19H2,1H3,(H,24,25)(H,26,27)(H,28,29);;;;/t20-;;;;/m0..../s1. The average Bonchev–Trinajstić information content (AvgIpc) is 2.67. The van der Waals surface area contributed by atoms with Crippen molar-refractivity contribution in [2.24, 2.45) is 0 Å². The molecule has 1 amide bonds. The molecule has 3 N–H and O–H groups in total. The molecule has 0 heterocycles. The summed E-state index contributed by atoms with van der Waals surface area (Å²) in [5, 5.41) is 20.1. The van der Waals surface area contributed by atoms with E-state index in [9.17, 15) is 14.4 Å². The van der Waals surface area contributed by atoms with E-state index in [1.165, 1.54) is 77.0 Å². The van der Waals surface area contributed by atoms with Crippen molar-refractivity contribution in [2.75, 3.05) is 0 Å². The van der Waals surface area contributed by atoms with Crippen molar-refractivity contribution in [1.29, 1.82) is 0 Å². The van der Waals surface area contributed by atoms with Crippen LogP contribution in [0.5, 0.6) is 0 Å². The second kappa shape index (κ2) is 22.6. The fourth-order valence-electron chi connectivity index (χ4n) is 3.45. The largest absolute Gasteiger partial charge is 0.481 e. The van der Waals surface area contributed by atoms with Gasteiger partial charge in [0.1, 0.15) is 6.04 Å². The molecule has 30 heavy (non-hydrogen) atoms. The number of carboxylic acids is 2. The fourth-order valence-corrected chi connectivity index (χ4v) is 3.45. The Bertz CT molecular complexity index is 445. The van der Waals surface area contributed by atoms with Gasteiger partial charge in [0.05, 0.1) is 0 Å². The van der Waals surface area contributed by atoms with Gasteiger partial charge in [-0.2, -0.15) is 0 Å². The lowest BCUT2D eigenvalue weighted by Gasteiger charge is -2.13. The number of nitrogens with one attached hydrogen (secondary N) is 1. The lowest BCUT2D eigenvalue weighted by Crippen LogP contribution is -2.41. The molecule has 0 aromatic rings. The van der Waals surface area contributed by atoms with Crippen LogP contribution in [0.25, 0.3) is 0 Å². The van der Waals surface area contributed by atoms with Crippen LogP contribution in [0.1, 0.15) is 122 Å². The Balaban J connectivity index is 0. The van der Waals surface area contributed by atoms with Crippen molar-refractivity contribution in [3.63, 3.8) is 0 Å². The molecule has 0 saturated carbocycles. The number of rotatable bonds is 21. The van der Waals surface area contributed by atoms with Crippen LogP contribution in [0.4, 0.5) is 0 Å². The van der Waals surface area contributed by atoms with Crippen LogP contribution >= 0.6 is 0 Å². The van der Waals surface area contributed by atoms with Crippen LogP contribution in [0.15, 0.2) is 0 Å². The number of carboxylic acid groups (broad SMARTS) is 2. The third-order valence-electron chi connectivity index (χ3n) is 5.29. The van der Waals surface area contributed by atoms with E-state index in [-0.39, 0.29) is 36.1 Å². The van der Waals surface area contributed by atoms with E-state index in [2.05, 4.69) is 12.2 Å². The molecule has 0 unspecified atom stereocenters. The molecule has 0 saturated heterocycles. The third-order valence-corrected chi connectivity index (χ3v) is 5.29. The molecule has 6 nitrogen and oxygen atoms in total. The summed E-state index contributed by atoms with van der Waals surface area (Å²) in [5.41, 5.74) is 0. The number of hydrogen-bond donors (Lipinski definition) is 3. The van der Waals surface area contributed by atoms with Crippen molar-refractivity contribution in [3.05, 3.63) is 0 Å². The van der Waals surface area contributed by atoms with E-state index in [0.29, 0.717) is 6.42 Å². The van der Waals surface area contributed by atoms with Crippen molar-refractivity contribution in [1.82, 2.24) is 5.32 Å². The Kier molecular flexibility index (Phi) is 23.5. The molecule has 7 heteroatoms. The maximum Gasteiger partial charge on any atom is 0.326 e. The average molecular weight is 444 g/mol. The first-order chi connectivity index (χ1) is 14.0. The Morgan fingerprint density at radius 2 is 1.07 bits per heavy atom. The second-order valence-electron chi connectivity index (χ2n) is 8.09. The highest BCUT2D eigenvalue weighted by Crippen LogP contribution is 2.13. The normalized spacial score (nSPS) is 11.5. The van der Waals surface area contributed by atoms with Gasteiger partial charge in [0.25, 0.3) is 0 Å². The van der Waals surface area contributed by atoms with Crippen molar-refractivity contribution in [3.8, 4) is 0 Å².